The van der Waals surface area contributed by atoms with Gasteiger partial charge < -0.3 is 25.2 Å². The predicted molar refractivity (Wildman–Crippen MR) is 102 cm³/mol. The van der Waals surface area contributed by atoms with Crippen LogP contribution in [0, 0.1) is 11.7 Å². The van der Waals surface area contributed by atoms with Crippen LogP contribution in [-0.2, 0) is 14.4 Å². The average Bonchev–Trinajstić information content (AvgIpc) is 2.72. The quantitative estimate of drug-likeness (QED) is 0.568. The summed E-state index contributed by atoms with van der Waals surface area (Å²) in [4.78, 5) is 40.8. The van der Waals surface area contributed by atoms with Gasteiger partial charge in [-0.15, -0.1) is 0 Å². The van der Waals surface area contributed by atoms with Crippen LogP contribution >= 0.6 is 0 Å². The molecule has 3 N–H and O–H groups in total. The lowest BCUT2D eigenvalue weighted by molar-refractivity contribution is -0.138. The summed E-state index contributed by atoms with van der Waals surface area (Å²) >= 11 is 0. The summed E-state index contributed by atoms with van der Waals surface area (Å²) in [5, 5.41) is 20.8. The summed E-state index contributed by atoms with van der Waals surface area (Å²) in [6, 6.07) is 2.78. The van der Waals surface area contributed by atoms with Gasteiger partial charge in [-0.25, -0.2) is 9.37 Å². The van der Waals surface area contributed by atoms with Crippen LogP contribution in [0.25, 0.3) is 0 Å². The monoisotopic (exact) mass is 421 g/mol. The Bertz CT molecular complexity index is 833. The third kappa shape index (κ3) is 5.46. The van der Waals surface area contributed by atoms with Gasteiger partial charge in [0.15, 0.2) is 0 Å². The molecule has 162 valence electrons. The number of nitrogens with zero attached hydrogens (tertiary/aromatic N) is 2. The molecule has 0 atom stereocenters. The summed E-state index contributed by atoms with van der Waals surface area (Å²) in [5.41, 5.74) is -0.387. The number of aliphatic hydroxyl groups excluding tert-OH is 1. The van der Waals surface area contributed by atoms with E-state index in [2.05, 4.69) is 10.3 Å². The second-order valence-corrected chi connectivity index (χ2v) is 7.47. The van der Waals surface area contributed by atoms with Crippen LogP contribution in [-0.4, -0.2) is 63.6 Å². The van der Waals surface area contributed by atoms with Crippen molar-refractivity contribution >= 4 is 17.8 Å². The molecule has 30 heavy (non-hydrogen) atoms. The number of halogens is 1. The minimum absolute atomic E-state index is 0.0300. The standard InChI is InChI=1S/C20H24FN3O6/c21-13-3-6-16(22-9-13)30-14-4-1-12(2-5-14)11-24-8-7-15(25)18(20(24)29)19(28)23-10-17(26)27/h3,6,9,12,14,25H,1-2,4-5,7-8,10-11H2,(H,23,28)(H,26,27)/t12-,14+. The number of pyridine rings is 1. The number of carbonyl (C=O) groups is 3. The zero-order valence-electron chi connectivity index (χ0n) is 16.3. The molecule has 2 aliphatic rings. The summed E-state index contributed by atoms with van der Waals surface area (Å²) in [6.07, 6.45) is 4.37. The Hall–Kier alpha value is -3.17. The first-order valence-corrected chi connectivity index (χ1v) is 9.83. The molecule has 1 aromatic rings. The molecule has 0 saturated heterocycles. The van der Waals surface area contributed by atoms with Gasteiger partial charge in [0.1, 0.15) is 29.8 Å². The maximum atomic E-state index is 12.9. The lowest BCUT2D eigenvalue weighted by Crippen LogP contribution is -2.45. The summed E-state index contributed by atoms with van der Waals surface area (Å²) in [6.45, 7) is 0.121. The number of carboxylic acid groups (broad SMARTS) is 1. The van der Waals surface area contributed by atoms with E-state index in [9.17, 15) is 23.9 Å². The number of hydrogen-bond acceptors (Lipinski definition) is 6. The number of carbonyl (C=O) groups excluding carboxylic acids is 2. The summed E-state index contributed by atoms with van der Waals surface area (Å²) < 4.78 is 18.7. The van der Waals surface area contributed by atoms with Crippen molar-refractivity contribution in [2.45, 2.75) is 38.2 Å². The highest BCUT2D eigenvalue weighted by Crippen LogP contribution is 2.29. The number of carboxylic acids is 1. The fraction of sp³-hybridized carbons (Fsp3) is 0.500. The molecule has 1 aromatic heterocycles. The van der Waals surface area contributed by atoms with Gasteiger partial charge in [-0.2, -0.15) is 0 Å². The third-order valence-electron chi connectivity index (χ3n) is 5.30. The SMILES string of the molecule is O=C(O)CNC(=O)C1=C(O)CCN(C[C@H]2CC[C@@H](Oc3ccc(F)cn3)CC2)C1=O. The van der Waals surface area contributed by atoms with Crippen molar-refractivity contribution in [3.63, 3.8) is 0 Å². The second-order valence-electron chi connectivity index (χ2n) is 7.47. The van der Waals surface area contributed by atoms with Crippen molar-refractivity contribution in [2.24, 2.45) is 5.92 Å². The summed E-state index contributed by atoms with van der Waals surface area (Å²) in [7, 11) is 0. The van der Waals surface area contributed by atoms with E-state index in [-0.39, 0.29) is 29.8 Å². The fourth-order valence-corrected chi connectivity index (χ4v) is 3.74. The van der Waals surface area contributed by atoms with E-state index >= 15 is 0 Å². The Labute approximate surface area is 172 Å². The van der Waals surface area contributed by atoms with E-state index in [4.69, 9.17) is 9.84 Å². The van der Waals surface area contributed by atoms with Gasteiger partial charge in [-0.05, 0) is 37.7 Å². The number of nitrogens with one attached hydrogen (secondary N) is 1. The highest BCUT2D eigenvalue weighted by atomic mass is 19.1. The van der Waals surface area contributed by atoms with Crippen LogP contribution in [0.2, 0.25) is 0 Å². The van der Waals surface area contributed by atoms with Gasteiger partial charge in [-0.1, -0.05) is 0 Å². The van der Waals surface area contributed by atoms with E-state index in [0.29, 0.717) is 19.0 Å². The molecule has 0 spiro atoms. The van der Waals surface area contributed by atoms with Crippen LogP contribution < -0.4 is 10.1 Å². The molecular formula is C20H24FN3O6. The van der Waals surface area contributed by atoms with Gasteiger partial charge in [0.05, 0.1) is 6.20 Å². The number of aliphatic carboxylic acids is 1. The molecule has 1 fully saturated rings. The van der Waals surface area contributed by atoms with Crippen molar-refractivity contribution in [1.82, 2.24) is 15.2 Å². The minimum atomic E-state index is -1.24. The Morgan fingerprint density at radius 3 is 2.63 bits per heavy atom. The lowest BCUT2D eigenvalue weighted by atomic mass is 9.86. The minimum Gasteiger partial charge on any atom is -0.511 e. The van der Waals surface area contributed by atoms with Crippen LogP contribution in [0.5, 0.6) is 5.88 Å². The average molecular weight is 421 g/mol. The van der Waals surface area contributed by atoms with Gasteiger partial charge in [0, 0.05) is 25.6 Å². The third-order valence-corrected chi connectivity index (χ3v) is 5.30. The number of rotatable bonds is 7. The number of ether oxygens (including phenoxy) is 1. The van der Waals surface area contributed by atoms with Crippen LogP contribution in [0.1, 0.15) is 32.1 Å². The molecule has 1 aliphatic carbocycles. The van der Waals surface area contributed by atoms with Crippen LogP contribution in [0.3, 0.4) is 0 Å². The second kappa shape index (κ2) is 9.55. The molecule has 10 heteroatoms. The van der Waals surface area contributed by atoms with Crippen LogP contribution in [0.15, 0.2) is 29.7 Å². The maximum absolute atomic E-state index is 12.9. The Kier molecular flexibility index (Phi) is 6.86. The predicted octanol–water partition coefficient (Wildman–Crippen LogP) is 1.40. The molecule has 1 aliphatic heterocycles. The number of aromatic nitrogens is 1. The van der Waals surface area contributed by atoms with Crippen molar-refractivity contribution in [3.05, 3.63) is 35.5 Å². The molecule has 2 amide bonds. The van der Waals surface area contributed by atoms with E-state index in [0.717, 1.165) is 31.9 Å². The Morgan fingerprint density at radius 2 is 2.00 bits per heavy atom. The largest absolute Gasteiger partial charge is 0.511 e. The molecule has 0 radical (unpaired) electrons. The zero-order chi connectivity index (χ0) is 21.7. The molecule has 0 bridgehead atoms. The van der Waals surface area contributed by atoms with E-state index < -0.39 is 30.1 Å². The topological polar surface area (TPSA) is 129 Å². The smallest absolute Gasteiger partial charge is 0.322 e. The highest BCUT2D eigenvalue weighted by molar-refractivity contribution is 6.19. The summed E-state index contributed by atoms with van der Waals surface area (Å²) in [5.74, 6) is -2.85. The maximum Gasteiger partial charge on any atom is 0.322 e. The van der Waals surface area contributed by atoms with Crippen molar-refractivity contribution < 1.29 is 33.7 Å². The van der Waals surface area contributed by atoms with E-state index in [1.165, 1.54) is 17.0 Å². The van der Waals surface area contributed by atoms with Crippen molar-refractivity contribution in [1.29, 1.82) is 0 Å². The number of hydrogen-bond donors (Lipinski definition) is 3. The number of aliphatic hydroxyl groups is 1. The first kappa shape index (κ1) is 21.5. The number of amides is 2. The Balaban J connectivity index is 1.51. The first-order chi connectivity index (χ1) is 14.3. The molecular weight excluding hydrogens is 397 g/mol. The Morgan fingerprint density at radius 1 is 1.27 bits per heavy atom. The van der Waals surface area contributed by atoms with Gasteiger partial charge in [0.25, 0.3) is 11.8 Å². The van der Waals surface area contributed by atoms with Crippen molar-refractivity contribution in [3.8, 4) is 5.88 Å². The first-order valence-electron chi connectivity index (χ1n) is 9.83. The van der Waals surface area contributed by atoms with Crippen LogP contribution in [0.4, 0.5) is 4.39 Å². The molecule has 9 nitrogen and oxygen atoms in total. The molecule has 0 aromatic carbocycles. The molecule has 2 heterocycles. The van der Waals surface area contributed by atoms with E-state index in [1.54, 1.807) is 0 Å². The lowest BCUT2D eigenvalue weighted by Gasteiger charge is -2.34. The molecule has 1 saturated carbocycles. The fourth-order valence-electron chi connectivity index (χ4n) is 3.74. The molecule has 3 rings (SSSR count). The highest BCUT2D eigenvalue weighted by Gasteiger charge is 2.34. The van der Waals surface area contributed by atoms with Crippen molar-refractivity contribution in [2.75, 3.05) is 19.6 Å². The van der Waals surface area contributed by atoms with Gasteiger partial charge in [-0.3, -0.25) is 14.4 Å². The van der Waals surface area contributed by atoms with Gasteiger partial charge in [0.2, 0.25) is 5.88 Å². The van der Waals surface area contributed by atoms with E-state index in [1.807, 2.05) is 0 Å². The molecule has 0 unspecified atom stereocenters. The zero-order valence-corrected chi connectivity index (χ0v) is 16.3. The van der Waals surface area contributed by atoms with Gasteiger partial charge >= 0.3 is 5.97 Å². The normalized spacial score (nSPS) is 22.0.